The molecular weight excluding hydrogens is 160 g/mol. The Morgan fingerprint density at radius 1 is 1.08 bits per heavy atom. The van der Waals surface area contributed by atoms with Gasteiger partial charge >= 0.3 is 0 Å². The van der Waals surface area contributed by atoms with Crippen LogP contribution < -0.4 is 0 Å². The smallest absolute Gasteiger partial charge is 0.0987 e. The van der Waals surface area contributed by atoms with Gasteiger partial charge in [0.2, 0.25) is 0 Å². The van der Waals surface area contributed by atoms with Crippen molar-refractivity contribution in [1.82, 2.24) is 0 Å². The monoisotopic (exact) mass is 178 g/mol. The summed E-state index contributed by atoms with van der Waals surface area (Å²) in [4.78, 5) is 0. The van der Waals surface area contributed by atoms with Crippen molar-refractivity contribution in [3.8, 4) is 0 Å². The molecule has 13 heavy (non-hydrogen) atoms. The minimum Gasteiger partial charge on any atom is -0.495 e. The molecule has 4 fully saturated rings. The largest absolute Gasteiger partial charge is 0.495 e. The van der Waals surface area contributed by atoms with Crippen molar-refractivity contribution in [3.63, 3.8) is 0 Å². The lowest BCUT2D eigenvalue weighted by atomic mass is 9.68. The van der Waals surface area contributed by atoms with E-state index in [2.05, 4.69) is 13.0 Å². The fraction of sp³-hybridized carbons (Fsp3) is 0.833. The van der Waals surface area contributed by atoms with E-state index < -0.39 is 0 Å². The van der Waals surface area contributed by atoms with Crippen LogP contribution in [0.3, 0.4) is 0 Å². The third kappa shape index (κ3) is 1.20. The predicted octanol–water partition coefficient (Wildman–Crippen LogP) is 3.12. The van der Waals surface area contributed by atoms with Crippen LogP contribution >= 0.6 is 0 Å². The molecular formula is C12H18O. The van der Waals surface area contributed by atoms with Crippen molar-refractivity contribution in [3.05, 3.63) is 11.8 Å². The molecule has 1 heteroatoms. The first kappa shape index (κ1) is 7.90. The second kappa shape index (κ2) is 2.76. The second-order valence-corrected chi connectivity index (χ2v) is 5.04. The molecule has 72 valence electrons. The maximum absolute atomic E-state index is 6.05. The lowest BCUT2D eigenvalue weighted by Crippen LogP contribution is -2.29. The van der Waals surface area contributed by atoms with Gasteiger partial charge in [-0.3, -0.25) is 0 Å². The molecule has 2 aliphatic carbocycles. The average Bonchev–Trinajstić information content (AvgIpc) is 2.29. The molecule has 2 saturated carbocycles. The molecule has 2 heterocycles. The maximum Gasteiger partial charge on any atom is 0.0987 e. The van der Waals surface area contributed by atoms with Crippen LogP contribution in [-0.4, -0.2) is 6.10 Å². The van der Waals surface area contributed by atoms with Crippen LogP contribution in [0.2, 0.25) is 0 Å². The zero-order valence-electron chi connectivity index (χ0n) is 8.33. The Hall–Kier alpha value is -0.460. The fourth-order valence-electron chi connectivity index (χ4n) is 3.71. The number of ether oxygens (including phenoxy) is 1. The molecule has 0 N–H and O–H groups in total. The molecule has 4 aliphatic rings. The minimum atomic E-state index is 0.572. The summed E-state index contributed by atoms with van der Waals surface area (Å²) in [5.41, 5.74) is 0. The van der Waals surface area contributed by atoms with Gasteiger partial charge in [0.15, 0.2) is 0 Å². The summed E-state index contributed by atoms with van der Waals surface area (Å²) in [5.74, 6) is 4.07. The summed E-state index contributed by atoms with van der Waals surface area (Å²) in [6, 6.07) is 0. The highest BCUT2D eigenvalue weighted by atomic mass is 16.5. The van der Waals surface area contributed by atoms with E-state index in [0.29, 0.717) is 6.10 Å². The van der Waals surface area contributed by atoms with E-state index >= 15 is 0 Å². The summed E-state index contributed by atoms with van der Waals surface area (Å²) in [6.07, 6.45) is 9.76. The van der Waals surface area contributed by atoms with Crippen molar-refractivity contribution in [2.45, 2.75) is 45.1 Å². The topological polar surface area (TPSA) is 9.23 Å². The quantitative estimate of drug-likeness (QED) is 0.554. The Labute approximate surface area is 80.2 Å². The van der Waals surface area contributed by atoms with Gasteiger partial charge in [0.1, 0.15) is 0 Å². The summed E-state index contributed by atoms with van der Waals surface area (Å²) < 4.78 is 6.05. The minimum absolute atomic E-state index is 0.572. The molecule has 2 atom stereocenters. The van der Waals surface area contributed by atoms with Crippen LogP contribution in [0.5, 0.6) is 0 Å². The zero-order chi connectivity index (χ0) is 8.84. The van der Waals surface area contributed by atoms with Gasteiger partial charge in [-0.2, -0.15) is 0 Å². The van der Waals surface area contributed by atoms with Gasteiger partial charge in [-0.15, -0.1) is 0 Å². The van der Waals surface area contributed by atoms with Crippen molar-refractivity contribution in [2.75, 3.05) is 0 Å². The highest BCUT2D eigenvalue weighted by Gasteiger charge is 2.42. The van der Waals surface area contributed by atoms with Crippen LogP contribution in [0.25, 0.3) is 0 Å². The van der Waals surface area contributed by atoms with Gasteiger partial charge in [-0.05, 0) is 56.9 Å². The molecule has 0 aromatic rings. The Morgan fingerprint density at radius 3 is 2.38 bits per heavy atom. The molecule has 0 spiro atoms. The SMILES string of the molecule is CC=C1OC2CC3CC(C2)CC1C3. The van der Waals surface area contributed by atoms with Crippen LogP contribution in [0.15, 0.2) is 11.8 Å². The molecule has 2 unspecified atom stereocenters. The second-order valence-electron chi connectivity index (χ2n) is 5.04. The molecule has 1 nitrogen and oxygen atoms in total. The van der Waals surface area contributed by atoms with E-state index in [1.165, 1.54) is 37.9 Å². The number of hydrogen-bond acceptors (Lipinski definition) is 1. The average molecular weight is 178 g/mol. The molecule has 2 saturated heterocycles. The Bertz CT molecular complexity index is 230. The fourth-order valence-corrected chi connectivity index (χ4v) is 3.71. The van der Waals surface area contributed by atoms with Gasteiger partial charge in [-0.1, -0.05) is 0 Å². The lowest BCUT2D eigenvalue weighted by Gasteiger charge is -2.36. The standard InChI is InChI=1S/C12H18O/c1-2-12-10-4-8-3-9(5-10)7-11(6-8)13-12/h2,8-11H,3-7H2,1H3. The molecule has 0 aromatic heterocycles. The molecule has 0 amide bonds. The number of fused-ring (bicyclic) bond motifs is 1. The predicted molar refractivity (Wildman–Crippen MR) is 52.2 cm³/mol. The maximum atomic E-state index is 6.05. The van der Waals surface area contributed by atoms with E-state index in [1.807, 2.05) is 0 Å². The van der Waals surface area contributed by atoms with Crippen molar-refractivity contribution >= 4 is 0 Å². The zero-order valence-corrected chi connectivity index (χ0v) is 8.33. The first-order valence-electron chi connectivity index (χ1n) is 5.68. The molecule has 0 aromatic carbocycles. The molecule has 0 radical (unpaired) electrons. The van der Waals surface area contributed by atoms with E-state index in [4.69, 9.17) is 4.74 Å². The van der Waals surface area contributed by atoms with Crippen molar-refractivity contribution in [2.24, 2.45) is 17.8 Å². The van der Waals surface area contributed by atoms with Crippen molar-refractivity contribution < 1.29 is 4.74 Å². The van der Waals surface area contributed by atoms with Gasteiger partial charge < -0.3 is 4.74 Å². The van der Waals surface area contributed by atoms with Gasteiger partial charge in [-0.25, -0.2) is 0 Å². The lowest BCUT2D eigenvalue weighted by molar-refractivity contribution is 0.0628. The van der Waals surface area contributed by atoms with Crippen LogP contribution in [0.4, 0.5) is 0 Å². The van der Waals surface area contributed by atoms with Crippen molar-refractivity contribution in [1.29, 1.82) is 0 Å². The van der Waals surface area contributed by atoms with Crippen LogP contribution in [-0.2, 0) is 4.74 Å². The Balaban J connectivity index is 1.95. The molecule has 4 rings (SSSR count). The van der Waals surface area contributed by atoms with Crippen LogP contribution in [0, 0.1) is 17.8 Å². The van der Waals surface area contributed by atoms with E-state index in [9.17, 15) is 0 Å². The van der Waals surface area contributed by atoms with Gasteiger partial charge in [0, 0.05) is 5.92 Å². The highest BCUT2D eigenvalue weighted by Crippen LogP contribution is 2.49. The summed E-state index contributed by atoms with van der Waals surface area (Å²) >= 11 is 0. The summed E-state index contributed by atoms with van der Waals surface area (Å²) in [6.45, 7) is 2.13. The van der Waals surface area contributed by atoms with Gasteiger partial charge in [0.25, 0.3) is 0 Å². The summed E-state index contributed by atoms with van der Waals surface area (Å²) in [7, 11) is 0. The van der Waals surface area contributed by atoms with Gasteiger partial charge in [0.05, 0.1) is 11.9 Å². The molecule has 2 aliphatic heterocycles. The van der Waals surface area contributed by atoms with E-state index in [0.717, 1.165) is 17.8 Å². The first-order valence-corrected chi connectivity index (χ1v) is 5.68. The number of hydrogen-bond donors (Lipinski definition) is 0. The summed E-state index contributed by atoms with van der Waals surface area (Å²) in [5, 5.41) is 0. The Kier molecular flexibility index (Phi) is 1.68. The first-order chi connectivity index (χ1) is 6.35. The Morgan fingerprint density at radius 2 is 1.77 bits per heavy atom. The van der Waals surface area contributed by atoms with Crippen LogP contribution in [0.1, 0.15) is 39.0 Å². The third-order valence-corrected chi connectivity index (χ3v) is 4.08. The molecule has 4 bridgehead atoms. The number of rotatable bonds is 0. The normalized spacial score (nSPS) is 50.7. The van der Waals surface area contributed by atoms with E-state index in [-0.39, 0.29) is 0 Å². The van der Waals surface area contributed by atoms with E-state index in [1.54, 1.807) is 0 Å². The highest BCUT2D eigenvalue weighted by molar-refractivity contribution is 5.06. The third-order valence-electron chi connectivity index (χ3n) is 4.08. The number of allylic oxidation sites excluding steroid dienone is 2.